The summed E-state index contributed by atoms with van der Waals surface area (Å²) in [6.45, 7) is 7.99. The molecule has 252 valence electrons. The van der Waals surface area contributed by atoms with Crippen LogP contribution in [0.4, 0.5) is 0 Å². The van der Waals surface area contributed by atoms with Crippen molar-refractivity contribution in [2.24, 2.45) is 0 Å². The molecule has 6 aromatic carbocycles. The molecule has 0 saturated heterocycles. The zero-order valence-corrected chi connectivity index (χ0v) is 28.3. The Morgan fingerprint density at radius 3 is 0.795 bits per heavy atom. The molecule has 0 aliphatic heterocycles. The molecule has 0 aliphatic carbocycles. The van der Waals surface area contributed by atoms with Crippen molar-refractivity contribution >= 4 is 0 Å². The van der Waals surface area contributed by atoms with E-state index in [1.54, 1.807) is 48.5 Å². The standard InChI is InChI=1S/2C7H8O2.2C6H7.2C6H3.2Yb/c2*8-7(9)6-4-2-1-3-5-6;4*1-6-4-2-3-5-6;;/h2*1-5,7-9H;2*2-5H,1H3;2*1H3;;/q;;2*-1;2*-5;;. The summed E-state index contributed by atoms with van der Waals surface area (Å²) in [5, 5.41) is 34.3. The van der Waals surface area contributed by atoms with Gasteiger partial charge in [-0.05, 0) is 0 Å². The first kappa shape index (κ1) is 44.8. The summed E-state index contributed by atoms with van der Waals surface area (Å²) in [6.07, 6.45) is -2.68. The second-order valence-corrected chi connectivity index (χ2v) is 8.74. The molecule has 0 unspecified atom stereocenters. The van der Waals surface area contributed by atoms with E-state index in [9.17, 15) is 0 Å². The van der Waals surface area contributed by atoms with E-state index in [1.807, 2.05) is 50.2 Å². The number of benzene rings is 2. The van der Waals surface area contributed by atoms with Crippen LogP contribution in [-0.2, 0) is 0 Å². The monoisotopic (exact) mass is 904 g/mol. The van der Waals surface area contributed by atoms with Gasteiger partial charge in [0.2, 0.25) is 0 Å². The average Bonchev–Trinajstić information content (AvgIpc) is 3.84. The molecule has 0 saturated carbocycles. The maximum absolute atomic E-state index is 8.58. The smallest absolute Gasteiger partial charge is 0.178 e. The molecule has 0 amide bonds. The molecule has 0 fully saturated rings. The molecule has 0 aromatic heterocycles. The Kier molecular flexibility index (Phi) is 29.7. The quantitative estimate of drug-likeness (QED) is 0.117. The van der Waals surface area contributed by atoms with Crippen LogP contribution in [0.5, 0.6) is 0 Å². The van der Waals surface area contributed by atoms with E-state index in [2.05, 4.69) is 86.6 Å². The van der Waals surface area contributed by atoms with Crippen LogP contribution in [-0.4, -0.2) is 20.4 Å². The van der Waals surface area contributed by atoms with Gasteiger partial charge in [-0.2, -0.15) is 35.4 Å². The molecule has 0 heterocycles. The third kappa shape index (κ3) is 25.0. The predicted molar refractivity (Wildman–Crippen MR) is 165 cm³/mol. The van der Waals surface area contributed by atoms with Gasteiger partial charge in [0, 0.05) is 105 Å². The minimum Gasteiger partial charge on any atom is -0.998 e. The molecule has 0 atom stereocenters. The molecule has 6 aromatic rings. The molecular weight excluding hydrogens is 866 g/mol. The van der Waals surface area contributed by atoms with Gasteiger partial charge in [-0.1, -0.05) is 74.5 Å². The summed E-state index contributed by atoms with van der Waals surface area (Å²) in [5.41, 5.74) is 5.70. The van der Waals surface area contributed by atoms with Crippen molar-refractivity contribution in [3.63, 3.8) is 0 Å². The molecule has 4 nitrogen and oxygen atoms in total. The molecule has 0 bridgehead atoms. The van der Waals surface area contributed by atoms with Crippen molar-refractivity contribution in [1.82, 2.24) is 0 Å². The summed E-state index contributed by atoms with van der Waals surface area (Å²) >= 11 is 0. The van der Waals surface area contributed by atoms with Crippen molar-refractivity contribution in [3.05, 3.63) is 191 Å². The van der Waals surface area contributed by atoms with Crippen LogP contribution in [0.2, 0.25) is 0 Å². The van der Waals surface area contributed by atoms with Crippen LogP contribution in [0.15, 0.2) is 109 Å². The minimum atomic E-state index is -1.34. The van der Waals surface area contributed by atoms with Gasteiger partial charge in [-0.3, -0.25) is 0 Å². The second kappa shape index (κ2) is 29.1. The van der Waals surface area contributed by atoms with Crippen molar-refractivity contribution in [3.8, 4) is 0 Å². The van der Waals surface area contributed by atoms with E-state index in [4.69, 9.17) is 20.4 Å². The Hall–Kier alpha value is -1.28. The number of hydrogen-bond donors (Lipinski definition) is 4. The molecule has 44 heavy (non-hydrogen) atoms. The Morgan fingerprint density at radius 1 is 0.432 bits per heavy atom. The fourth-order valence-electron chi connectivity index (χ4n) is 2.75. The van der Waals surface area contributed by atoms with E-state index < -0.39 is 12.6 Å². The van der Waals surface area contributed by atoms with Gasteiger partial charge in [-0.25, -0.2) is 38.1 Å². The van der Waals surface area contributed by atoms with Crippen LogP contribution in [0, 0.1) is 170 Å². The van der Waals surface area contributed by atoms with E-state index in [0.717, 1.165) is 11.1 Å². The number of aliphatic hydroxyl groups excluding tert-OH is 2. The Morgan fingerprint density at radius 2 is 0.682 bits per heavy atom. The summed E-state index contributed by atoms with van der Waals surface area (Å²) in [7, 11) is 0. The zero-order valence-electron chi connectivity index (χ0n) is 24.9. The van der Waals surface area contributed by atoms with Gasteiger partial charge in [-0.15, -0.1) is 0 Å². The van der Waals surface area contributed by atoms with E-state index in [-0.39, 0.29) is 93.8 Å². The summed E-state index contributed by atoms with van der Waals surface area (Å²) < 4.78 is 0. The van der Waals surface area contributed by atoms with Crippen molar-refractivity contribution < 1.29 is 114 Å². The fourth-order valence-corrected chi connectivity index (χ4v) is 2.75. The summed E-state index contributed by atoms with van der Waals surface area (Å²) in [5.74, 6) is 0. The van der Waals surface area contributed by atoms with Crippen LogP contribution in [0.1, 0.15) is 46.0 Å². The summed E-state index contributed by atoms with van der Waals surface area (Å²) in [4.78, 5) is 0. The van der Waals surface area contributed by atoms with Gasteiger partial charge in [0.25, 0.3) is 0 Å². The third-order valence-corrected chi connectivity index (χ3v) is 4.98. The summed E-state index contributed by atoms with van der Waals surface area (Å²) in [6, 6.07) is 55.3. The molecule has 0 spiro atoms. The first-order valence-corrected chi connectivity index (χ1v) is 13.1. The average molecular weight is 903 g/mol. The van der Waals surface area contributed by atoms with Crippen molar-refractivity contribution in [1.29, 1.82) is 0 Å². The van der Waals surface area contributed by atoms with Crippen LogP contribution >= 0.6 is 0 Å². The Labute approximate surface area is 341 Å². The Balaban J connectivity index is 0. The van der Waals surface area contributed by atoms with Crippen molar-refractivity contribution in [2.75, 3.05) is 0 Å². The minimum absolute atomic E-state index is 0. The zero-order chi connectivity index (χ0) is 31.0. The van der Waals surface area contributed by atoms with E-state index >= 15 is 0 Å². The first-order valence-electron chi connectivity index (χ1n) is 13.1. The van der Waals surface area contributed by atoms with Crippen LogP contribution in [0.3, 0.4) is 0 Å². The predicted octanol–water partition coefficient (Wildman–Crippen LogP) is 6.60. The van der Waals surface area contributed by atoms with Gasteiger partial charge in [0.1, 0.15) is 0 Å². The maximum Gasteiger partial charge on any atom is 0.178 e. The number of rotatable bonds is 2. The maximum atomic E-state index is 8.58. The van der Waals surface area contributed by atoms with Crippen molar-refractivity contribution in [2.45, 2.75) is 40.3 Å². The Bertz CT molecular complexity index is 1150. The third-order valence-electron chi connectivity index (χ3n) is 4.98. The van der Waals surface area contributed by atoms with Gasteiger partial charge in [0.15, 0.2) is 12.6 Å². The second-order valence-electron chi connectivity index (χ2n) is 8.74. The largest absolute Gasteiger partial charge is 0.998 e. The molecule has 0 radical (unpaired) electrons. The van der Waals surface area contributed by atoms with E-state index in [1.165, 1.54) is 11.1 Å². The molecule has 4 N–H and O–H groups in total. The topological polar surface area (TPSA) is 80.9 Å². The molecule has 0 aliphatic rings. The van der Waals surface area contributed by atoms with Crippen LogP contribution < -0.4 is 0 Å². The molecular formula is C38H36O4Yb2-12. The molecule has 6 heteroatoms. The molecule has 6 rings (SSSR count). The normalized spacial score (nSPS) is 8.95. The van der Waals surface area contributed by atoms with E-state index in [0.29, 0.717) is 11.1 Å². The van der Waals surface area contributed by atoms with Gasteiger partial charge < -0.3 is 80.1 Å². The number of aliphatic hydroxyl groups is 4. The fraction of sp³-hybridized carbons (Fsp3) is 0.158. The number of aryl methyl sites for hydroxylation is 4. The number of hydrogen-bond acceptors (Lipinski definition) is 4. The van der Waals surface area contributed by atoms with Gasteiger partial charge >= 0.3 is 0 Å². The van der Waals surface area contributed by atoms with Gasteiger partial charge in [0.05, 0.1) is 0 Å². The first-order chi connectivity index (χ1) is 20.2. The van der Waals surface area contributed by atoms with Crippen LogP contribution in [0.25, 0.3) is 0 Å². The SMILES string of the molecule is C[c-]1[c-][c-][c-][c-]1.C[c-]1[c-][c-][c-][c-]1.C[c-]1cccc1.C[c-]1cccc1.OC(O)c1ccccc1.OC(O)c1ccccc1.[Yb].[Yb].